The standard InChI is InChI=1S/C28H20ClN3O2/c1-33-21-12-10-20(11-13-21)32-27-26-24(18-6-4-7-19(29)15-18)25-22-8-3-2-5-17(22)9-14-23(25)34-28(26)31-16-30-27/h2-16,24H,1H3,(H,30,31,32). The lowest BCUT2D eigenvalue weighted by Gasteiger charge is -2.30. The van der Waals surface area contributed by atoms with Gasteiger partial charge in [-0.2, -0.15) is 0 Å². The molecule has 6 rings (SSSR count). The number of nitrogens with one attached hydrogen (secondary N) is 1. The average Bonchev–Trinajstić information content (AvgIpc) is 2.88. The van der Waals surface area contributed by atoms with Crippen LogP contribution in [0.25, 0.3) is 10.8 Å². The minimum Gasteiger partial charge on any atom is -0.497 e. The van der Waals surface area contributed by atoms with Gasteiger partial charge in [0.2, 0.25) is 5.88 Å². The van der Waals surface area contributed by atoms with Crippen LogP contribution in [-0.2, 0) is 0 Å². The van der Waals surface area contributed by atoms with Gasteiger partial charge in [0.15, 0.2) is 0 Å². The molecule has 6 heteroatoms. The summed E-state index contributed by atoms with van der Waals surface area (Å²) in [5, 5.41) is 6.39. The molecule has 0 aliphatic carbocycles. The van der Waals surface area contributed by atoms with Crippen LogP contribution in [0.3, 0.4) is 0 Å². The van der Waals surface area contributed by atoms with Crippen molar-refractivity contribution in [1.82, 2.24) is 9.97 Å². The van der Waals surface area contributed by atoms with Crippen molar-refractivity contribution >= 4 is 33.9 Å². The molecule has 1 aromatic heterocycles. The molecule has 0 saturated carbocycles. The van der Waals surface area contributed by atoms with E-state index < -0.39 is 0 Å². The SMILES string of the molecule is COc1ccc(Nc2ncnc3c2C(c2cccc(Cl)c2)c2c(ccc4ccccc24)O3)cc1. The molecule has 5 aromatic rings. The molecule has 1 aliphatic heterocycles. The van der Waals surface area contributed by atoms with Crippen LogP contribution in [0.2, 0.25) is 5.02 Å². The smallest absolute Gasteiger partial charge is 0.228 e. The molecule has 1 atom stereocenters. The fourth-order valence-corrected chi connectivity index (χ4v) is 4.76. The molecular weight excluding hydrogens is 446 g/mol. The summed E-state index contributed by atoms with van der Waals surface area (Å²) in [6.07, 6.45) is 1.52. The minimum atomic E-state index is -0.175. The Morgan fingerprint density at radius 2 is 1.74 bits per heavy atom. The van der Waals surface area contributed by atoms with Crippen molar-refractivity contribution in [1.29, 1.82) is 0 Å². The molecular formula is C28H20ClN3O2. The number of anilines is 2. The highest BCUT2D eigenvalue weighted by atomic mass is 35.5. The maximum absolute atomic E-state index is 6.44. The van der Waals surface area contributed by atoms with Gasteiger partial charge >= 0.3 is 0 Å². The Balaban J connectivity index is 1.58. The first-order valence-corrected chi connectivity index (χ1v) is 11.3. The molecule has 0 saturated heterocycles. The predicted molar refractivity (Wildman–Crippen MR) is 135 cm³/mol. The van der Waals surface area contributed by atoms with E-state index in [-0.39, 0.29) is 5.92 Å². The van der Waals surface area contributed by atoms with Crippen LogP contribution in [0.4, 0.5) is 11.5 Å². The summed E-state index contributed by atoms with van der Waals surface area (Å²) in [5.74, 6) is 2.60. The first kappa shape index (κ1) is 20.5. The van der Waals surface area contributed by atoms with Gasteiger partial charge in [0.25, 0.3) is 0 Å². The highest BCUT2D eigenvalue weighted by molar-refractivity contribution is 6.30. The normalized spacial score (nSPS) is 14.1. The van der Waals surface area contributed by atoms with E-state index in [0.717, 1.165) is 44.6 Å². The Morgan fingerprint density at radius 3 is 2.56 bits per heavy atom. The summed E-state index contributed by atoms with van der Waals surface area (Å²) in [6.45, 7) is 0. The third kappa shape index (κ3) is 3.51. The predicted octanol–water partition coefficient (Wildman–Crippen LogP) is 7.32. The fourth-order valence-electron chi connectivity index (χ4n) is 4.56. The first-order valence-electron chi connectivity index (χ1n) is 10.9. The quantitative estimate of drug-likeness (QED) is 0.295. The van der Waals surface area contributed by atoms with E-state index in [1.807, 2.05) is 60.7 Å². The maximum Gasteiger partial charge on any atom is 0.228 e. The molecule has 1 aliphatic rings. The number of methoxy groups -OCH3 is 1. The van der Waals surface area contributed by atoms with Gasteiger partial charge in [-0.15, -0.1) is 0 Å². The van der Waals surface area contributed by atoms with Gasteiger partial charge in [-0.25, -0.2) is 9.97 Å². The Morgan fingerprint density at radius 1 is 0.882 bits per heavy atom. The lowest BCUT2D eigenvalue weighted by atomic mass is 9.81. The van der Waals surface area contributed by atoms with Gasteiger partial charge in [0.1, 0.15) is 23.6 Å². The molecule has 0 bridgehead atoms. The molecule has 5 nitrogen and oxygen atoms in total. The third-order valence-corrected chi connectivity index (χ3v) is 6.33. The van der Waals surface area contributed by atoms with Crippen molar-refractivity contribution < 1.29 is 9.47 Å². The zero-order valence-electron chi connectivity index (χ0n) is 18.3. The highest BCUT2D eigenvalue weighted by Crippen LogP contribution is 2.51. The van der Waals surface area contributed by atoms with Crippen LogP contribution in [0.1, 0.15) is 22.6 Å². The van der Waals surface area contributed by atoms with E-state index in [9.17, 15) is 0 Å². The van der Waals surface area contributed by atoms with Crippen molar-refractivity contribution in [3.63, 3.8) is 0 Å². The molecule has 4 aromatic carbocycles. The summed E-state index contributed by atoms with van der Waals surface area (Å²) in [5.41, 5.74) is 3.86. The number of halogens is 1. The number of hydrogen-bond acceptors (Lipinski definition) is 5. The number of aromatic nitrogens is 2. The van der Waals surface area contributed by atoms with Crippen LogP contribution < -0.4 is 14.8 Å². The Kier molecular flexibility index (Phi) is 5.04. The van der Waals surface area contributed by atoms with Gasteiger partial charge in [0, 0.05) is 22.2 Å². The topological polar surface area (TPSA) is 56.3 Å². The fraction of sp³-hybridized carbons (Fsp3) is 0.0714. The van der Waals surface area contributed by atoms with E-state index >= 15 is 0 Å². The first-order chi connectivity index (χ1) is 16.7. The molecule has 1 N–H and O–H groups in total. The van der Waals surface area contributed by atoms with E-state index in [4.69, 9.17) is 21.1 Å². The Labute approximate surface area is 202 Å². The van der Waals surface area contributed by atoms with Crippen LogP contribution in [-0.4, -0.2) is 17.1 Å². The van der Waals surface area contributed by atoms with Gasteiger partial charge in [-0.3, -0.25) is 0 Å². The van der Waals surface area contributed by atoms with Crippen molar-refractivity contribution in [3.8, 4) is 17.4 Å². The number of ether oxygens (including phenoxy) is 2. The Bertz CT molecular complexity index is 1520. The summed E-state index contributed by atoms with van der Waals surface area (Å²) >= 11 is 6.44. The van der Waals surface area contributed by atoms with E-state index in [0.29, 0.717) is 16.7 Å². The summed E-state index contributed by atoms with van der Waals surface area (Å²) in [7, 11) is 1.65. The molecule has 34 heavy (non-hydrogen) atoms. The average molecular weight is 466 g/mol. The van der Waals surface area contributed by atoms with E-state index in [1.54, 1.807) is 7.11 Å². The van der Waals surface area contributed by atoms with Crippen LogP contribution >= 0.6 is 11.6 Å². The van der Waals surface area contributed by atoms with Crippen LogP contribution in [0.5, 0.6) is 17.4 Å². The molecule has 0 fully saturated rings. The summed E-state index contributed by atoms with van der Waals surface area (Å²) < 4.78 is 11.6. The summed E-state index contributed by atoms with van der Waals surface area (Å²) in [6, 6.07) is 28.1. The second kappa shape index (κ2) is 8.36. The van der Waals surface area contributed by atoms with Gasteiger partial charge in [0.05, 0.1) is 12.7 Å². The monoisotopic (exact) mass is 465 g/mol. The zero-order valence-corrected chi connectivity index (χ0v) is 19.1. The number of hydrogen-bond donors (Lipinski definition) is 1. The van der Waals surface area contributed by atoms with Gasteiger partial charge in [-0.05, 0) is 58.8 Å². The van der Waals surface area contributed by atoms with Gasteiger partial charge in [-0.1, -0.05) is 54.1 Å². The number of rotatable bonds is 4. The van der Waals surface area contributed by atoms with Crippen LogP contribution in [0.15, 0.2) is 91.3 Å². The number of fused-ring (bicyclic) bond motifs is 4. The van der Waals surface area contributed by atoms with Crippen molar-refractivity contribution in [2.24, 2.45) is 0 Å². The zero-order chi connectivity index (χ0) is 23.1. The second-order valence-corrected chi connectivity index (χ2v) is 8.52. The van der Waals surface area contributed by atoms with Crippen molar-refractivity contribution in [2.75, 3.05) is 12.4 Å². The molecule has 2 heterocycles. The molecule has 0 amide bonds. The van der Waals surface area contributed by atoms with E-state index in [2.05, 4.69) is 39.6 Å². The minimum absolute atomic E-state index is 0.175. The van der Waals surface area contributed by atoms with Crippen molar-refractivity contribution in [2.45, 2.75) is 5.92 Å². The van der Waals surface area contributed by atoms with E-state index in [1.165, 1.54) is 6.33 Å². The number of benzene rings is 4. The van der Waals surface area contributed by atoms with Crippen LogP contribution in [0, 0.1) is 0 Å². The molecule has 1 unspecified atom stereocenters. The third-order valence-electron chi connectivity index (χ3n) is 6.10. The lowest BCUT2D eigenvalue weighted by Crippen LogP contribution is -2.16. The molecule has 166 valence electrons. The largest absolute Gasteiger partial charge is 0.497 e. The molecule has 0 radical (unpaired) electrons. The number of nitrogens with zero attached hydrogens (tertiary/aromatic N) is 2. The molecule has 0 spiro atoms. The lowest BCUT2D eigenvalue weighted by molar-refractivity contribution is 0.415. The van der Waals surface area contributed by atoms with Crippen molar-refractivity contribution in [3.05, 3.63) is 113 Å². The second-order valence-electron chi connectivity index (χ2n) is 8.08. The summed E-state index contributed by atoms with van der Waals surface area (Å²) in [4.78, 5) is 9.11. The van der Waals surface area contributed by atoms with Gasteiger partial charge < -0.3 is 14.8 Å². The maximum atomic E-state index is 6.44. The Hall–Kier alpha value is -4.09. The highest BCUT2D eigenvalue weighted by Gasteiger charge is 2.34.